The molecule has 1 heterocycles. The molecule has 6 unspecified atom stereocenters. The van der Waals surface area contributed by atoms with Crippen LogP contribution in [0.1, 0.15) is 239 Å². The molecule has 1 aliphatic heterocycles. The Labute approximate surface area is 411 Å². The third-order valence-corrected chi connectivity index (χ3v) is 12.7. The van der Waals surface area contributed by atoms with E-state index < -0.39 is 43.4 Å². The number of carbonyl (C=O) groups excluding carboxylic acids is 1. The van der Waals surface area contributed by atoms with Crippen LogP contribution in [0.2, 0.25) is 0 Å². The van der Waals surface area contributed by atoms with Crippen LogP contribution in [-0.2, 0) is 23.7 Å². The standard InChI is InChI=1S/C58H104O9/c1-3-5-7-9-11-13-15-17-19-21-23-25-26-28-30-32-34-36-38-40-42-44-46-48-64-50-52(51-65-58-57(63)56(62)55(61)53(49-59)67-58)66-54(60)47-45-43-41-39-37-35-33-31-29-27-24-22-20-18-16-14-12-10-8-6-4-2/h6,8,12,14,18,20,24,27,31,33,52-53,55-59,61-63H,3-5,7,9-11,13,15-17,19,21-23,25-26,28-30,32,34-51H2,1-2H3/b8-6-,14-12-,20-18-,27-24-,33-31-. The molecule has 0 spiro atoms. The number of carbonyl (C=O) groups is 1. The second-order valence-electron chi connectivity index (χ2n) is 19.0. The average molecular weight is 945 g/mol. The largest absolute Gasteiger partial charge is 0.457 e. The molecule has 1 rings (SSSR count). The molecule has 1 aliphatic rings. The van der Waals surface area contributed by atoms with Crippen molar-refractivity contribution in [3.63, 3.8) is 0 Å². The van der Waals surface area contributed by atoms with Gasteiger partial charge in [-0.05, 0) is 57.8 Å². The van der Waals surface area contributed by atoms with E-state index in [9.17, 15) is 25.2 Å². The van der Waals surface area contributed by atoms with Crippen LogP contribution in [-0.4, -0.2) is 89.6 Å². The quantitative estimate of drug-likeness (QED) is 0.0267. The normalized spacial score (nSPS) is 19.6. The van der Waals surface area contributed by atoms with Crippen LogP contribution < -0.4 is 0 Å². The molecular formula is C58H104O9. The first kappa shape index (κ1) is 62.9. The molecule has 0 radical (unpaired) electrons. The fraction of sp³-hybridized carbons (Fsp3) is 0.810. The highest BCUT2D eigenvalue weighted by Crippen LogP contribution is 2.23. The van der Waals surface area contributed by atoms with Gasteiger partial charge in [-0.15, -0.1) is 0 Å². The van der Waals surface area contributed by atoms with Crippen molar-refractivity contribution in [3.8, 4) is 0 Å². The third-order valence-electron chi connectivity index (χ3n) is 12.7. The van der Waals surface area contributed by atoms with Gasteiger partial charge in [0.1, 0.15) is 30.5 Å². The first-order chi connectivity index (χ1) is 32.9. The van der Waals surface area contributed by atoms with E-state index in [1.54, 1.807) is 0 Å². The Morgan fingerprint density at radius 1 is 0.493 bits per heavy atom. The van der Waals surface area contributed by atoms with E-state index >= 15 is 0 Å². The Hall–Kier alpha value is -2.11. The van der Waals surface area contributed by atoms with Gasteiger partial charge in [0.15, 0.2) is 6.29 Å². The number of aliphatic hydroxyl groups excluding tert-OH is 4. The summed E-state index contributed by atoms with van der Waals surface area (Å²) in [6.45, 7) is 4.46. The van der Waals surface area contributed by atoms with Gasteiger partial charge in [-0.1, -0.05) is 235 Å². The summed E-state index contributed by atoms with van der Waals surface area (Å²) in [6.07, 6.45) is 56.9. The number of hydrogen-bond donors (Lipinski definition) is 4. The van der Waals surface area contributed by atoms with Crippen LogP contribution in [0, 0.1) is 0 Å². The van der Waals surface area contributed by atoms with E-state index in [0.717, 1.165) is 83.5 Å². The molecule has 1 saturated heterocycles. The second-order valence-corrected chi connectivity index (χ2v) is 19.0. The van der Waals surface area contributed by atoms with E-state index in [0.29, 0.717) is 13.0 Å². The predicted octanol–water partition coefficient (Wildman–Crippen LogP) is 14.2. The van der Waals surface area contributed by atoms with Crippen LogP contribution in [0.5, 0.6) is 0 Å². The first-order valence-electron chi connectivity index (χ1n) is 27.9. The van der Waals surface area contributed by atoms with Gasteiger partial charge in [-0.25, -0.2) is 0 Å². The molecule has 9 heteroatoms. The molecule has 0 aromatic rings. The zero-order chi connectivity index (χ0) is 48.5. The van der Waals surface area contributed by atoms with Crippen LogP contribution in [0.3, 0.4) is 0 Å². The van der Waals surface area contributed by atoms with E-state index in [1.807, 2.05) is 0 Å². The maximum atomic E-state index is 12.9. The average Bonchev–Trinajstić information content (AvgIpc) is 3.33. The molecule has 0 amide bonds. The molecule has 9 nitrogen and oxygen atoms in total. The van der Waals surface area contributed by atoms with Gasteiger partial charge in [-0.3, -0.25) is 4.79 Å². The molecule has 0 saturated carbocycles. The number of allylic oxidation sites excluding steroid dienone is 10. The summed E-state index contributed by atoms with van der Waals surface area (Å²) >= 11 is 0. The molecule has 6 atom stereocenters. The minimum Gasteiger partial charge on any atom is -0.457 e. The van der Waals surface area contributed by atoms with Gasteiger partial charge < -0.3 is 39.4 Å². The number of rotatable bonds is 48. The summed E-state index contributed by atoms with van der Waals surface area (Å²) in [7, 11) is 0. The van der Waals surface area contributed by atoms with Gasteiger partial charge in [0.2, 0.25) is 0 Å². The van der Waals surface area contributed by atoms with Crippen LogP contribution in [0.25, 0.3) is 0 Å². The predicted molar refractivity (Wildman–Crippen MR) is 279 cm³/mol. The highest BCUT2D eigenvalue weighted by Gasteiger charge is 2.44. The molecule has 67 heavy (non-hydrogen) atoms. The summed E-state index contributed by atoms with van der Waals surface area (Å²) in [4.78, 5) is 12.9. The molecule has 390 valence electrons. The van der Waals surface area contributed by atoms with Crippen molar-refractivity contribution in [2.45, 2.75) is 275 Å². The second kappa shape index (κ2) is 48.9. The van der Waals surface area contributed by atoms with Crippen molar-refractivity contribution >= 4 is 5.97 Å². The molecule has 0 aliphatic carbocycles. The summed E-state index contributed by atoms with van der Waals surface area (Å²) in [5.74, 6) is -0.329. The molecular weight excluding hydrogens is 841 g/mol. The van der Waals surface area contributed by atoms with Crippen LogP contribution in [0.4, 0.5) is 0 Å². The maximum absolute atomic E-state index is 12.9. The van der Waals surface area contributed by atoms with Crippen molar-refractivity contribution in [1.82, 2.24) is 0 Å². The zero-order valence-electron chi connectivity index (χ0n) is 43.1. The Morgan fingerprint density at radius 2 is 0.910 bits per heavy atom. The maximum Gasteiger partial charge on any atom is 0.306 e. The fourth-order valence-corrected chi connectivity index (χ4v) is 8.40. The Balaban J connectivity index is 2.18. The van der Waals surface area contributed by atoms with Crippen molar-refractivity contribution < 1.29 is 44.2 Å². The third kappa shape index (κ3) is 39.3. The first-order valence-corrected chi connectivity index (χ1v) is 27.9. The Kier molecular flexibility index (Phi) is 45.9. The van der Waals surface area contributed by atoms with E-state index in [-0.39, 0.29) is 19.2 Å². The smallest absolute Gasteiger partial charge is 0.306 e. The van der Waals surface area contributed by atoms with E-state index in [4.69, 9.17) is 18.9 Å². The topological polar surface area (TPSA) is 135 Å². The summed E-state index contributed by atoms with van der Waals surface area (Å²) in [5.41, 5.74) is 0. The number of unbranched alkanes of at least 4 members (excludes halogenated alkanes) is 27. The lowest BCUT2D eigenvalue weighted by Gasteiger charge is -2.39. The molecule has 0 bridgehead atoms. The van der Waals surface area contributed by atoms with Gasteiger partial charge in [0.05, 0.1) is 19.8 Å². The van der Waals surface area contributed by atoms with E-state index in [2.05, 4.69) is 74.6 Å². The SMILES string of the molecule is CC/C=C\C/C=C\C/C=C\C/C=C\C/C=C\CCCCCCCC(=O)OC(COCCCCCCCCCCCCCCCCCCCCCCCCC)COC1OC(CO)C(O)C(O)C1O. The van der Waals surface area contributed by atoms with Gasteiger partial charge in [0, 0.05) is 13.0 Å². The van der Waals surface area contributed by atoms with Crippen LogP contribution >= 0.6 is 0 Å². The van der Waals surface area contributed by atoms with Crippen molar-refractivity contribution in [1.29, 1.82) is 0 Å². The number of aliphatic hydroxyl groups is 4. The van der Waals surface area contributed by atoms with Crippen LogP contribution in [0.15, 0.2) is 60.8 Å². The minimum atomic E-state index is -1.54. The van der Waals surface area contributed by atoms with Crippen molar-refractivity contribution in [2.24, 2.45) is 0 Å². The lowest BCUT2D eigenvalue weighted by molar-refractivity contribution is -0.305. The molecule has 1 fully saturated rings. The number of esters is 1. The van der Waals surface area contributed by atoms with Crippen molar-refractivity contribution in [3.05, 3.63) is 60.8 Å². The monoisotopic (exact) mass is 945 g/mol. The minimum absolute atomic E-state index is 0.121. The summed E-state index contributed by atoms with van der Waals surface area (Å²) in [5, 5.41) is 40.3. The van der Waals surface area contributed by atoms with E-state index in [1.165, 1.54) is 135 Å². The Morgan fingerprint density at radius 3 is 1.37 bits per heavy atom. The zero-order valence-corrected chi connectivity index (χ0v) is 43.1. The lowest BCUT2D eigenvalue weighted by Crippen LogP contribution is -2.59. The Bertz CT molecular complexity index is 1210. The molecule has 0 aromatic heterocycles. The number of hydrogen-bond acceptors (Lipinski definition) is 9. The van der Waals surface area contributed by atoms with Gasteiger partial charge >= 0.3 is 5.97 Å². The molecule has 4 N–H and O–H groups in total. The summed E-state index contributed by atoms with van der Waals surface area (Å²) in [6, 6.07) is 0. The lowest BCUT2D eigenvalue weighted by atomic mass is 9.99. The van der Waals surface area contributed by atoms with Gasteiger partial charge in [-0.2, -0.15) is 0 Å². The summed E-state index contributed by atoms with van der Waals surface area (Å²) < 4.78 is 22.9. The highest BCUT2D eigenvalue weighted by atomic mass is 16.7. The fourth-order valence-electron chi connectivity index (χ4n) is 8.40. The highest BCUT2D eigenvalue weighted by molar-refractivity contribution is 5.69. The molecule has 0 aromatic carbocycles. The van der Waals surface area contributed by atoms with Gasteiger partial charge in [0.25, 0.3) is 0 Å². The number of ether oxygens (including phenoxy) is 4. The van der Waals surface area contributed by atoms with Crippen molar-refractivity contribution in [2.75, 3.05) is 26.4 Å².